The number of nitrogens with zero attached hydrogens (tertiary/aromatic N) is 1. The van der Waals surface area contributed by atoms with Crippen LogP contribution >= 0.6 is 0 Å². The normalized spacial score (nSPS) is 18.3. The van der Waals surface area contributed by atoms with Crippen LogP contribution < -0.4 is 10.6 Å². The maximum absolute atomic E-state index is 12.7. The molecule has 2 rings (SSSR count). The molecule has 1 fully saturated rings. The van der Waals surface area contributed by atoms with Crippen molar-refractivity contribution in [2.24, 2.45) is 0 Å². The second-order valence-corrected chi connectivity index (χ2v) is 4.46. The van der Waals surface area contributed by atoms with Gasteiger partial charge in [0.25, 0.3) is 0 Å². The molecular weight excluding hydrogens is 233 g/mol. The monoisotopic (exact) mass is 251 g/mol. The molecule has 1 atom stereocenters. The van der Waals surface area contributed by atoms with Gasteiger partial charge in [-0.3, -0.25) is 9.69 Å². The molecule has 18 heavy (non-hydrogen) atoms. The zero-order valence-electron chi connectivity index (χ0n) is 10.4. The number of carbonyl (C=O) groups excluding carboxylic acids is 1. The summed E-state index contributed by atoms with van der Waals surface area (Å²) in [7, 11) is 0. The zero-order chi connectivity index (χ0) is 13.0. The van der Waals surface area contributed by atoms with Crippen molar-refractivity contribution in [3.63, 3.8) is 0 Å². The number of amides is 1. The lowest BCUT2D eigenvalue weighted by molar-refractivity contribution is -0.120. The SMILES string of the molecule is CC(C(=O)Nc1ccc(F)cc1)N1CCNCC1. The Morgan fingerprint density at radius 2 is 1.94 bits per heavy atom. The third-order valence-corrected chi connectivity index (χ3v) is 3.19. The number of rotatable bonds is 3. The highest BCUT2D eigenvalue weighted by Gasteiger charge is 2.22. The van der Waals surface area contributed by atoms with E-state index in [1.807, 2.05) is 6.92 Å². The molecule has 1 saturated heterocycles. The quantitative estimate of drug-likeness (QED) is 0.844. The fourth-order valence-electron chi connectivity index (χ4n) is 2.02. The second kappa shape index (κ2) is 5.93. The lowest BCUT2D eigenvalue weighted by Crippen LogP contribution is -2.51. The molecule has 1 aromatic rings. The third kappa shape index (κ3) is 3.27. The molecule has 1 aliphatic rings. The van der Waals surface area contributed by atoms with Crippen molar-refractivity contribution in [3.05, 3.63) is 30.1 Å². The first-order chi connectivity index (χ1) is 8.66. The Balaban J connectivity index is 1.92. The number of carbonyl (C=O) groups is 1. The van der Waals surface area contributed by atoms with Gasteiger partial charge in [-0.05, 0) is 31.2 Å². The highest BCUT2D eigenvalue weighted by molar-refractivity contribution is 5.94. The van der Waals surface area contributed by atoms with Gasteiger partial charge in [0.15, 0.2) is 0 Å². The van der Waals surface area contributed by atoms with E-state index in [0.29, 0.717) is 5.69 Å². The minimum absolute atomic E-state index is 0.0523. The summed E-state index contributed by atoms with van der Waals surface area (Å²) in [6.45, 7) is 5.46. The van der Waals surface area contributed by atoms with E-state index in [2.05, 4.69) is 15.5 Å². The van der Waals surface area contributed by atoms with Crippen molar-refractivity contribution < 1.29 is 9.18 Å². The van der Waals surface area contributed by atoms with Crippen molar-refractivity contribution in [2.45, 2.75) is 13.0 Å². The van der Waals surface area contributed by atoms with E-state index in [-0.39, 0.29) is 17.8 Å². The predicted octanol–water partition coefficient (Wildman–Crippen LogP) is 1.06. The molecule has 1 aliphatic heterocycles. The minimum Gasteiger partial charge on any atom is -0.325 e. The number of benzene rings is 1. The molecule has 5 heteroatoms. The first-order valence-corrected chi connectivity index (χ1v) is 6.18. The molecule has 0 saturated carbocycles. The molecule has 1 unspecified atom stereocenters. The Labute approximate surface area is 106 Å². The maximum atomic E-state index is 12.7. The summed E-state index contributed by atoms with van der Waals surface area (Å²) in [4.78, 5) is 14.2. The average molecular weight is 251 g/mol. The van der Waals surface area contributed by atoms with Gasteiger partial charge in [0.2, 0.25) is 5.91 Å². The summed E-state index contributed by atoms with van der Waals surface area (Å²) < 4.78 is 12.7. The second-order valence-electron chi connectivity index (χ2n) is 4.46. The van der Waals surface area contributed by atoms with E-state index in [1.54, 1.807) is 12.1 Å². The van der Waals surface area contributed by atoms with Gasteiger partial charge < -0.3 is 10.6 Å². The van der Waals surface area contributed by atoms with Gasteiger partial charge in [-0.15, -0.1) is 0 Å². The topological polar surface area (TPSA) is 44.4 Å². The molecule has 0 bridgehead atoms. The van der Waals surface area contributed by atoms with Gasteiger partial charge in [-0.2, -0.15) is 0 Å². The third-order valence-electron chi connectivity index (χ3n) is 3.19. The molecule has 1 amide bonds. The molecule has 98 valence electrons. The lowest BCUT2D eigenvalue weighted by Gasteiger charge is -2.31. The highest BCUT2D eigenvalue weighted by Crippen LogP contribution is 2.10. The summed E-state index contributed by atoms with van der Waals surface area (Å²) >= 11 is 0. The number of halogens is 1. The molecule has 4 nitrogen and oxygen atoms in total. The number of anilines is 1. The number of piperazine rings is 1. The maximum Gasteiger partial charge on any atom is 0.241 e. The lowest BCUT2D eigenvalue weighted by atomic mass is 10.2. The molecule has 1 heterocycles. The smallest absolute Gasteiger partial charge is 0.241 e. The average Bonchev–Trinajstić information content (AvgIpc) is 2.41. The van der Waals surface area contributed by atoms with Crippen LogP contribution in [0.25, 0.3) is 0 Å². The molecule has 1 aromatic carbocycles. The van der Waals surface area contributed by atoms with Gasteiger partial charge in [-0.1, -0.05) is 0 Å². The molecule has 0 aliphatic carbocycles. The van der Waals surface area contributed by atoms with Crippen LogP contribution in [0.1, 0.15) is 6.92 Å². The molecular formula is C13H18FN3O. The van der Waals surface area contributed by atoms with Crippen molar-refractivity contribution in [1.29, 1.82) is 0 Å². The van der Waals surface area contributed by atoms with Gasteiger partial charge in [0, 0.05) is 31.9 Å². The van der Waals surface area contributed by atoms with E-state index in [1.165, 1.54) is 12.1 Å². The van der Waals surface area contributed by atoms with Crippen LogP contribution in [0.3, 0.4) is 0 Å². The van der Waals surface area contributed by atoms with Gasteiger partial charge in [0.1, 0.15) is 5.82 Å². The standard InChI is InChI=1S/C13H18FN3O/c1-10(17-8-6-15-7-9-17)13(18)16-12-4-2-11(14)3-5-12/h2-5,10,15H,6-9H2,1H3,(H,16,18). The fraction of sp³-hybridized carbons (Fsp3) is 0.462. The van der Waals surface area contributed by atoms with Gasteiger partial charge in [0.05, 0.1) is 6.04 Å². The molecule has 0 spiro atoms. The summed E-state index contributed by atoms with van der Waals surface area (Å²) in [6.07, 6.45) is 0. The van der Waals surface area contributed by atoms with Crippen molar-refractivity contribution in [2.75, 3.05) is 31.5 Å². The first-order valence-electron chi connectivity index (χ1n) is 6.18. The van der Waals surface area contributed by atoms with E-state index < -0.39 is 0 Å². The fourth-order valence-corrected chi connectivity index (χ4v) is 2.02. The Morgan fingerprint density at radius 3 is 2.56 bits per heavy atom. The largest absolute Gasteiger partial charge is 0.325 e. The van der Waals surface area contributed by atoms with Crippen LogP contribution in [-0.4, -0.2) is 43.0 Å². The summed E-state index contributed by atoms with van der Waals surface area (Å²) in [5.74, 6) is -0.355. The number of hydrogen-bond donors (Lipinski definition) is 2. The zero-order valence-corrected chi connectivity index (χ0v) is 10.4. The predicted molar refractivity (Wildman–Crippen MR) is 68.9 cm³/mol. The first kappa shape index (κ1) is 13.0. The van der Waals surface area contributed by atoms with E-state index in [9.17, 15) is 9.18 Å². The summed E-state index contributed by atoms with van der Waals surface area (Å²) in [5, 5.41) is 6.05. The van der Waals surface area contributed by atoms with Crippen molar-refractivity contribution >= 4 is 11.6 Å². The number of hydrogen-bond acceptors (Lipinski definition) is 3. The van der Waals surface area contributed by atoms with Crippen molar-refractivity contribution in [3.8, 4) is 0 Å². The molecule has 0 radical (unpaired) electrons. The van der Waals surface area contributed by atoms with Crippen LogP contribution in [0.4, 0.5) is 10.1 Å². The van der Waals surface area contributed by atoms with E-state index in [4.69, 9.17) is 0 Å². The summed E-state index contributed by atoms with van der Waals surface area (Å²) in [6, 6.07) is 5.64. The van der Waals surface area contributed by atoms with Crippen LogP contribution in [-0.2, 0) is 4.79 Å². The Morgan fingerprint density at radius 1 is 1.33 bits per heavy atom. The molecule has 2 N–H and O–H groups in total. The number of nitrogens with one attached hydrogen (secondary N) is 2. The van der Waals surface area contributed by atoms with E-state index in [0.717, 1.165) is 26.2 Å². The van der Waals surface area contributed by atoms with E-state index >= 15 is 0 Å². The van der Waals surface area contributed by atoms with Crippen molar-refractivity contribution in [1.82, 2.24) is 10.2 Å². The highest BCUT2D eigenvalue weighted by atomic mass is 19.1. The van der Waals surface area contributed by atoms with Gasteiger partial charge >= 0.3 is 0 Å². The Bertz CT molecular complexity index is 401. The molecule has 0 aromatic heterocycles. The minimum atomic E-state index is -0.303. The Kier molecular flexibility index (Phi) is 4.28. The van der Waals surface area contributed by atoms with Crippen LogP contribution in [0, 0.1) is 5.82 Å². The van der Waals surface area contributed by atoms with Crippen LogP contribution in [0.2, 0.25) is 0 Å². The van der Waals surface area contributed by atoms with Crippen LogP contribution in [0.5, 0.6) is 0 Å². The van der Waals surface area contributed by atoms with Crippen LogP contribution in [0.15, 0.2) is 24.3 Å². The summed E-state index contributed by atoms with van der Waals surface area (Å²) in [5.41, 5.74) is 0.628. The van der Waals surface area contributed by atoms with Gasteiger partial charge in [-0.25, -0.2) is 4.39 Å². The Hall–Kier alpha value is -1.46.